The number of amides is 2. The first-order valence-electron chi connectivity index (χ1n) is 8.47. The Labute approximate surface area is 156 Å². The second-order valence-corrected chi connectivity index (χ2v) is 6.79. The van der Waals surface area contributed by atoms with Gasteiger partial charge in [-0.05, 0) is 41.8 Å². The largest absolute Gasteiger partial charge is 0.271 e. The number of aryl methyl sites for hydroxylation is 1. The minimum Gasteiger partial charge on any atom is -0.271 e. The molecule has 0 N–H and O–H groups in total. The molecule has 132 valence electrons. The zero-order chi connectivity index (χ0) is 18.3. The van der Waals surface area contributed by atoms with E-state index in [1.807, 2.05) is 30.3 Å². The quantitative estimate of drug-likeness (QED) is 0.777. The van der Waals surface area contributed by atoms with Crippen LogP contribution in [0.4, 0.5) is 5.69 Å². The molecule has 0 aromatic heterocycles. The highest BCUT2D eigenvalue weighted by Gasteiger charge is 2.54. The lowest BCUT2D eigenvalue weighted by Gasteiger charge is -2.20. The van der Waals surface area contributed by atoms with Crippen LogP contribution >= 0.6 is 11.6 Å². The zero-order valence-corrected chi connectivity index (χ0v) is 14.9. The maximum absolute atomic E-state index is 12.9. The van der Waals surface area contributed by atoms with Gasteiger partial charge in [0, 0.05) is 5.02 Å². The summed E-state index contributed by atoms with van der Waals surface area (Å²) in [5.41, 5.74) is 2.63. The van der Waals surface area contributed by atoms with Gasteiger partial charge in [-0.2, -0.15) is 5.11 Å². The Kier molecular flexibility index (Phi) is 4.20. The minimum atomic E-state index is -0.785. The zero-order valence-electron chi connectivity index (χ0n) is 14.2. The number of benzene rings is 2. The highest BCUT2D eigenvalue weighted by Crippen LogP contribution is 2.33. The number of nitrogens with zero attached hydrogens (tertiary/aromatic N) is 4. The number of carbonyl (C=O) groups excluding carboxylic acids is 2. The van der Waals surface area contributed by atoms with Crippen LogP contribution in [0.2, 0.25) is 5.02 Å². The first-order valence-corrected chi connectivity index (χ1v) is 8.85. The van der Waals surface area contributed by atoms with Gasteiger partial charge in [0.15, 0.2) is 12.1 Å². The van der Waals surface area contributed by atoms with Crippen molar-refractivity contribution in [2.24, 2.45) is 10.3 Å². The molecule has 0 aliphatic carbocycles. The number of halogens is 1. The molecule has 7 heteroatoms. The number of rotatable bonds is 4. The predicted octanol–water partition coefficient (Wildman–Crippen LogP) is 3.40. The molecule has 2 heterocycles. The van der Waals surface area contributed by atoms with E-state index >= 15 is 0 Å². The highest BCUT2D eigenvalue weighted by atomic mass is 35.5. The molecule has 26 heavy (non-hydrogen) atoms. The van der Waals surface area contributed by atoms with Crippen molar-refractivity contribution in [2.45, 2.75) is 32.0 Å². The second-order valence-electron chi connectivity index (χ2n) is 6.35. The van der Waals surface area contributed by atoms with Gasteiger partial charge in [0.2, 0.25) is 0 Å². The fourth-order valence-corrected chi connectivity index (χ4v) is 3.52. The van der Waals surface area contributed by atoms with Crippen LogP contribution in [0.1, 0.15) is 18.1 Å². The van der Waals surface area contributed by atoms with Gasteiger partial charge in [-0.15, -0.1) is 0 Å². The van der Waals surface area contributed by atoms with Gasteiger partial charge in [-0.3, -0.25) is 14.6 Å². The third-order valence-electron chi connectivity index (χ3n) is 4.69. The Morgan fingerprint density at radius 3 is 2.50 bits per heavy atom. The third kappa shape index (κ3) is 2.76. The summed E-state index contributed by atoms with van der Waals surface area (Å²) < 4.78 is 0. The number of fused-ring (bicyclic) bond motifs is 1. The minimum absolute atomic E-state index is 0.295. The van der Waals surface area contributed by atoms with Crippen molar-refractivity contribution in [3.05, 3.63) is 64.7 Å². The summed E-state index contributed by atoms with van der Waals surface area (Å²) in [4.78, 5) is 26.9. The van der Waals surface area contributed by atoms with Crippen molar-refractivity contribution >= 4 is 29.1 Å². The van der Waals surface area contributed by atoms with Crippen molar-refractivity contribution in [1.29, 1.82) is 0 Å². The smallest absolute Gasteiger partial charge is 0.263 e. The molecule has 0 spiro atoms. The molecule has 2 aromatic carbocycles. The number of imide groups is 1. The molecule has 4 rings (SSSR count). The molecule has 1 saturated heterocycles. The van der Waals surface area contributed by atoms with E-state index in [1.54, 1.807) is 23.2 Å². The Bertz CT molecular complexity index is 897. The molecule has 2 aliphatic rings. The van der Waals surface area contributed by atoms with E-state index in [2.05, 4.69) is 17.3 Å². The summed E-state index contributed by atoms with van der Waals surface area (Å²) in [7, 11) is 0. The van der Waals surface area contributed by atoms with Crippen LogP contribution in [-0.4, -0.2) is 28.9 Å². The van der Waals surface area contributed by atoms with Crippen molar-refractivity contribution in [2.75, 3.05) is 4.90 Å². The van der Waals surface area contributed by atoms with Gasteiger partial charge >= 0.3 is 0 Å². The lowest BCUT2D eigenvalue weighted by Crippen LogP contribution is -2.39. The molecule has 2 aromatic rings. The molecule has 2 amide bonds. The fraction of sp³-hybridized carbons (Fsp3) is 0.263. The summed E-state index contributed by atoms with van der Waals surface area (Å²) in [6.07, 6.45) is 0.898. The van der Waals surface area contributed by atoms with Crippen LogP contribution in [0, 0.1) is 0 Å². The lowest BCUT2D eigenvalue weighted by atomic mass is 10.1. The molecule has 2 atom stereocenters. The molecular weight excluding hydrogens is 352 g/mol. The molecule has 0 unspecified atom stereocenters. The fourth-order valence-electron chi connectivity index (χ4n) is 3.31. The van der Waals surface area contributed by atoms with Gasteiger partial charge in [0.1, 0.15) is 0 Å². The van der Waals surface area contributed by atoms with Crippen LogP contribution in [0.15, 0.2) is 58.9 Å². The Balaban J connectivity index is 1.58. The van der Waals surface area contributed by atoms with E-state index in [0.29, 0.717) is 17.3 Å². The van der Waals surface area contributed by atoms with Gasteiger partial charge in [-0.25, -0.2) is 4.90 Å². The topological polar surface area (TPSA) is 65.3 Å². The molecule has 0 radical (unpaired) electrons. The van der Waals surface area contributed by atoms with Crippen molar-refractivity contribution in [3.8, 4) is 0 Å². The monoisotopic (exact) mass is 368 g/mol. The molecule has 6 nitrogen and oxygen atoms in total. The standard InChI is InChI=1S/C19H17ClN4O2/c1-2-12-6-8-15(9-7-12)24-18(25)16-17(19(24)26)23(22-21-16)11-13-4-3-5-14(20)10-13/h3-10,16-17H,2,11H2,1H3/t16-,17-/m1/s1. The molecular formula is C19H17ClN4O2. The molecule has 1 fully saturated rings. The summed E-state index contributed by atoms with van der Waals surface area (Å²) in [5.74, 6) is -0.627. The van der Waals surface area contributed by atoms with E-state index in [1.165, 1.54) is 4.90 Å². The number of anilines is 1. The van der Waals surface area contributed by atoms with Gasteiger partial charge in [0.05, 0.1) is 12.2 Å². The molecule has 0 saturated carbocycles. The van der Waals surface area contributed by atoms with Crippen LogP contribution in [0.3, 0.4) is 0 Å². The van der Waals surface area contributed by atoms with E-state index < -0.39 is 12.1 Å². The second kappa shape index (κ2) is 6.53. The average molecular weight is 369 g/mol. The van der Waals surface area contributed by atoms with Crippen molar-refractivity contribution in [3.63, 3.8) is 0 Å². The maximum atomic E-state index is 12.9. The first-order chi connectivity index (χ1) is 12.6. The third-order valence-corrected chi connectivity index (χ3v) is 4.93. The predicted molar refractivity (Wildman–Crippen MR) is 97.7 cm³/mol. The number of hydrogen-bond acceptors (Lipinski definition) is 5. The van der Waals surface area contributed by atoms with Crippen LogP contribution in [0.25, 0.3) is 0 Å². The Morgan fingerprint density at radius 1 is 1.04 bits per heavy atom. The lowest BCUT2D eigenvalue weighted by molar-refractivity contribution is -0.123. The summed E-state index contributed by atoms with van der Waals surface area (Å²) in [6, 6.07) is 13.3. The van der Waals surface area contributed by atoms with Gasteiger partial charge in [0.25, 0.3) is 11.8 Å². The van der Waals surface area contributed by atoms with E-state index in [4.69, 9.17) is 11.6 Å². The Hall–Kier alpha value is -2.73. The van der Waals surface area contributed by atoms with Gasteiger partial charge in [-0.1, -0.05) is 48.0 Å². The average Bonchev–Trinajstić information content (AvgIpc) is 3.16. The maximum Gasteiger partial charge on any atom is 0.263 e. The molecule has 0 bridgehead atoms. The first kappa shape index (κ1) is 16.7. The highest BCUT2D eigenvalue weighted by molar-refractivity contribution is 6.30. The van der Waals surface area contributed by atoms with Crippen LogP contribution in [-0.2, 0) is 22.6 Å². The van der Waals surface area contributed by atoms with E-state index in [0.717, 1.165) is 17.5 Å². The summed E-state index contributed by atoms with van der Waals surface area (Å²) in [5, 5.41) is 10.3. The number of carbonyl (C=O) groups is 2. The van der Waals surface area contributed by atoms with Crippen LogP contribution < -0.4 is 4.90 Å². The van der Waals surface area contributed by atoms with Crippen molar-refractivity contribution in [1.82, 2.24) is 5.01 Å². The Morgan fingerprint density at radius 2 is 1.81 bits per heavy atom. The van der Waals surface area contributed by atoms with E-state index in [-0.39, 0.29) is 11.8 Å². The van der Waals surface area contributed by atoms with Crippen molar-refractivity contribution < 1.29 is 9.59 Å². The SMILES string of the molecule is CCc1ccc(N2C(=O)[C@@H]3N=NN(Cc4cccc(Cl)c4)[C@H]3C2=O)cc1. The summed E-state index contributed by atoms with van der Waals surface area (Å²) >= 11 is 6.02. The molecule has 2 aliphatic heterocycles. The van der Waals surface area contributed by atoms with Crippen LogP contribution in [0.5, 0.6) is 0 Å². The normalized spacial score (nSPS) is 21.6. The van der Waals surface area contributed by atoms with Gasteiger partial charge < -0.3 is 0 Å². The summed E-state index contributed by atoms with van der Waals surface area (Å²) in [6.45, 7) is 2.42. The van der Waals surface area contributed by atoms with E-state index in [9.17, 15) is 9.59 Å². The number of hydrogen-bond donors (Lipinski definition) is 0.